The number of rotatable bonds is 0. The minimum Gasteiger partial charge on any atom is -0.259 e. The lowest BCUT2D eigenvalue weighted by Crippen LogP contribution is -2.11. The molecule has 0 N–H and O–H groups in total. The molecule has 0 amide bonds. The second-order valence-corrected chi connectivity index (χ2v) is 1.61. The summed E-state index contributed by atoms with van der Waals surface area (Å²) in [5.41, 5.74) is 0. The van der Waals surface area contributed by atoms with Gasteiger partial charge in [-0.25, -0.2) is 0 Å². The predicted molar refractivity (Wildman–Crippen MR) is 33.2 cm³/mol. The molecule has 0 spiro atoms. The van der Waals surface area contributed by atoms with E-state index in [2.05, 4.69) is 0 Å². The monoisotopic (exact) mass is 132 g/mol. The summed E-state index contributed by atoms with van der Waals surface area (Å²) in [5.74, 6) is 0. The predicted octanol–water partition coefficient (Wildman–Crippen LogP) is 0.509. The summed E-state index contributed by atoms with van der Waals surface area (Å²) in [7, 11) is 0. The first-order chi connectivity index (χ1) is 4.86. The van der Waals surface area contributed by atoms with Crippen molar-refractivity contribution in [2.45, 2.75) is 0 Å². The van der Waals surface area contributed by atoms with Gasteiger partial charge in [0.2, 0.25) is 0 Å². The van der Waals surface area contributed by atoms with Crippen molar-refractivity contribution < 1.29 is 0 Å². The quantitative estimate of drug-likeness (QED) is 0.450. The Hall–Kier alpha value is -1.94. The van der Waals surface area contributed by atoms with Crippen LogP contribution in [-0.4, -0.2) is 9.80 Å². The van der Waals surface area contributed by atoms with Crippen LogP contribution in [0.25, 0.3) is 0 Å². The van der Waals surface area contributed by atoms with Gasteiger partial charge in [0.05, 0.1) is 0 Å². The van der Waals surface area contributed by atoms with Crippen molar-refractivity contribution in [2.24, 2.45) is 0 Å². The highest BCUT2D eigenvalue weighted by Crippen LogP contribution is 2.00. The van der Waals surface area contributed by atoms with E-state index in [1.165, 1.54) is 34.6 Å². The summed E-state index contributed by atoms with van der Waals surface area (Å²) in [6, 6.07) is 0. The van der Waals surface area contributed by atoms with Crippen LogP contribution in [0.15, 0.2) is 24.8 Å². The van der Waals surface area contributed by atoms with Gasteiger partial charge in [-0.2, -0.15) is 10.5 Å². The molecule has 48 valence electrons. The maximum atomic E-state index is 8.32. The normalized spacial score (nSPS) is 14.6. The van der Waals surface area contributed by atoms with Crippen LogP contribution in [0.1, 0.15) is 0 Å². The summed E-state index contributed by atoms with van der Waals surface area (Å²) in [6.07, 6.45) is 9.76. The third kappa shape index (κ3) is 1.07. The van der Waals surface area contributed by atoms with Gasteiger partial charge in [0.25, 0.3) is 0 Å². The molecule has 4 nitrogen and oxygen atoms in total. The van der Waals surface area contributed by atoms with Crippen LogP contribution < -0.4 is 0 Å². The topological polar surface area (TPSA) is 54.1 Å². The second kappa shape index (κ2) is 2.56. The standard InChI is InChI=1S/C6H4N4/c7-5-9-1-2-10(6-8)4-3-9/h1-4H. The van der Waals surface area contributed by atoms with Gasteiger partial charge < -0.3 is 0 Å². The van der Waals surface area contributed by atoms with E-state index in [1.54, 1.807) is 0 Å². The van der Waals surface area contributed by atoms with Gasteiger partial charge in [-0.3, -0.25) is 9.80 Å². The van der Waals surface area contributed by atoms with Crippen molar-refractivity contribution in [1.29, 1.82) is 10.5 Å². The molecule has 0 bridgehead atoms. The highest BCUT2D eigenvalue weighted by molar-refractivity contribution is 5.09. The van der Waals surface area contributed by atoms with Crippen molar-refractivity contribution in [3.8, 4) is 12.4 Å². The molecule has 0 saturated heterocycles. The van der Waals surface area contributed by atoms with Gasteiger partial charge in [0, 0.05) is 24.8 Å². The summed E-state index contributed by atoms with van der Waals surface area (Å²) >= 11 is 0. The molecule has 1 aliphatic rings. The summed E-state index contributed by atoms with van der Waals surface area (Å²) in [5, 5.41) is 16.6. The molecule has 0 atom stereocenters. The van der Waals surface area contributed by atoms with Gasteiger partial charge in [-0.15, -0.1) is 0 Å². The van der Waals surface area contributed by atoms with Gasteiger partial charge in [-0.05, 0) is 0 Å². The molecule has 1 heterocycles. The van der Waals surface area contributed by atoms with Crippen molar-refractivity contribution >= 4 is 0 Å². The van der Waals surface area contributed by atoms with E-state index in [0.29, 0.717) is 0 Å². The summed E-state index contributed by atoms with van der Waals surface area (Å²) in [4.78, 5) is 2.60. The Labute approximate surface area is 58.5 Å². The number of hydrogen-bond acceptors (Lipinski definition) is 4. The fourth-order valence-electron chi connectivity index (χ4n) is 0.520. The van der Waals surface area contributed by atoms with E-state index in [0.717, 1.165) is 0 Å². The molecule has 0 fully saturated rings. The zero-order valence-corrected chi connectivity index (χ0v) is 5.10. The highest BCUT2D eigenvalue weighted by Gasteiger charge is 1.98. The Morgan fingerprint density at radius 1 is 0.800 bits per heavy atom. The largest absolute Gasteiger partial charge is 0.259 e. The summed E-state index contributed by atoms with van der Waals surface area (Å²) in [6.45, 7) is 0. The van der Waals surface area contributed by atoms with Crippen LogP contribution >= 0.6 is 0 Å². The number of hydrogen-bond donors (Lipinski definition) is 0. The first-order valence-corrected chi connectivity index (χ1v) is 2.59. The Bertz CT molecular complexity index is 212. The van der Waals surface area contributed by atoms with Gasteiger partial charge >= 0.3 is 0 Å². The molecular weight excluding hydrogens is 128 g/mol. The molecule has 1 rings (SSSR count). The third-order valence-corrected chi connectivity index (χ3v) is 1.01. The lowest BCUT2D eigenvalue weighted by molar-refractivity contribution is 0.600. The fourth-order valence-corrected chi connectivity index (χ4v) is 0.520. The molecular formula is C6H4N4. The van der Waals surface area contributed by atoms with Gasteiger partial charge in [0.1, 0.15) is 0 Å². The van der Waals surface area contributed by atoms with Crippen LogP contribution in [0, 0.1) is 22.9 Å². The van der Waals surface area contributed by atoms with Crippen LogP contribution in [0.3, 0.4) is 0 Å². The van der Waals surface area contributed by atoms with Crippen molar-refractivity contribution in [1.82, 2.24) is 9.80 Å². The molecule has 0 saturated carbocycles. The lowest BCUT2D eigenvalue weighted by Gasteiger charge is -2.11. The average Bonchev–Trinajstić information content (AvgIpc) is 2.05. The second-order valence-electron chi connectivity index (χ2n) is 1.61. The Morgan fingerprint density at radius 3 is 1.30 bits per heavy atom. The smallest absolute Gasteiger partial charge is 0.188 e. The van der Waals surface area contributed by atoms with E-state index in [4.69, 9.17) is 10.5 Å². The molecule has 0 aromatic heterocycles. The van der Waals surface area contributed by atoms with Crippen LogP contribution in [0.4, 0.5) is 0 Å². The van der Waals surface area contributed by atoms with Crippen LogP contribution in [0.2, 0.25) is 0 Å². The van der Waals surface area contributed by atoms with Gasteiger partial charge in [-0.1, -0.05) is 0 Å². The Kier molecular flexibility index (Phi) is 1.58. The summed E-state index contributed by atoms with van der Waals surface area (Å²) < 4.78 is 0. The van der Waals surface area contributed by atoms with E-state index in [1.807, 2.05) is 12.4 Å². The molecule has 0 aromatic rings. The molecule has 1 aliphatic heterocycles. The lowest BCUT2D eigenvalue weighted by atomic mass is 10.6. The van der Waals surface area contributed by atoms with E-state index < -0.39 is 0 Å². The minimum absolute atomic E-state index is 1.30. The Morgan fingerprint density at radius 2 is 1.10 bits per heavy atom. The third-order valence-electron chi connectivity index (χ3n) is 1.01. The van der Waals surface area contributed by atoms with E-state index in [9.17, 15) is 0 Å². The average molecular weight is 132 g/mol. The maximum absolute atomic E-state index is 8.32. The molecule has 0 aromatic carbocycles. The molecule has 4 heteroatoms. The first-order valence-electron chi connectivity index (χ1n) is 2.59. The van der Waals surface area contributed by atoms with E-state index >= 15 is 0 Å². The zero-order chi connectivity index (χ0) is 7.40. The van der Waals surface area contributed by atoms with Crippen molar-refractivity contribution in [3.05, 3.63) is 24.8 Å². The SMILES string of the molecule is N#CN1C=CN(C#N)C=C1. The Balaban J connectivity index is 2.66. The first kappa shape index (κ1) is 6.18. The molecule has 10 heavy (non-hydrogen) atoms. The van der Waals surface area contributed by atoms with Crippen molar-refractivity contribution in [3.63, 3.8) is 0 Å². The minimum atomic E-state index is 1.30. The van der Waals surface area contributed by atoms with Crippen LogP contribution in [0.5, 0.6) is 0 Å². The maximum Gasteiger partial charge on any atom is 0.188 e. The molecule has 0 unspecified atom stereocenters. The number of nitrogens with zero attached hydrogens (tertiary/aromatic N) is 4. The fraction of sp³-hybridized carbons (Fsp3) is 0. The molecule has 0 radical (unpaired) electrons. The van der Waals surface area contributed by atoms with E-state index in [-0.39, 0.29) is 0 Å². The molecule has 0 aliphatic carbocycles. The van der Waals surface area contributed by atoms with Crippen molar-refractivity contribution in [2.75, 3.05) is 0 Å². The zero-order valence-electron chi connectivity index (χ0n) is 5.10. The van der Waals surface area contributed by atoms with Crippen LogP contribution in [-0.2, 0) is 0 Å². The van der Waals surface area contributed by atoms with Gasteiger partial charge in [0.15, 0.2) is 12.4 Å². The number of nitriles is 2. The highest BCUT2D eigenvalue weighted by atomic mass is 15.2.